The predicted octanol–water partition coefficient (Wildman–Crippen LogP) is 1.96. The third-order valence-corrected chi connectivity index (χ3v) is 2.44. The van der Waals surface area contributed by atoms with Crippen LogP contribution in [0, 0.1) is 0 Å². The van der Waals surface area contributed by atoms with E-state index in [0.29, 0.717) is 12.5 Å². The molecule has 0 aromatic carbocycles. The van der Waals surface area contributed by atoms with Crippen molar-refractivity contribution in [3.05, 3.63) is 12.7 Å². The molecule has 0 aromatic rings. The van der Waals surface area contributed by atoms with Gasteiger partial charge in [0, 0.05) is 19.0 Å². The maximum Gasteiger partial charge on any atom is 0.222 e. The summed E-state index contributed by atoms with van der Waals surface area (Å²) < 4.78 is 0. The van der Waals surface area contributed by atoms with E-state index in [1.54, 1.807) is 0 Å². The molecule has 1 unspecified atom stereocenters. The summed E-state index contributed by atoms with van der Waals surface area (Å²) in [5.74, 6) is 0.264. The zero-order valence-electron chi connectivity index (χ0n) is 7.75. The molecule has 1 rings (SSSR count). The highest BCUT2D eigenvalue weighted by atomic mass is 16.2. The maximum atomic E-state index is 11.4. The molecular formula is C10H17NO. The first-order valence-corrected chi connectivity index (χ1v) is 4.71. The molecule has 1 aliphatic rings. The van der Waals surface area contributed by atoms with Gasteiger partial charge in [0.15, 0.2) is 0 Å². The number of rotatable bonds is 2. The molecule has 68 valence electrons. The number of likely N-dealkylation sites (tertiary alicyclic amines) is 1. The van der Waals surface area contributed by atoms with Gasteiger partial charge in [0.2, 0.25) is 5.91 Å². The van der Waals surface area contributed by atoms with Crippen molar-refractivity contribution >= 4 is 5.91 Å². The number of piperidine rings is 1. The van der Waals surface area contributed by atoms with Crippen molar-refractivity contribution in [2.45, 2.75) is 38.6 Å². The smallest absolute Gasteiger partial charge is 0.222 e. The molecule has 2 heteroatoms. The van der Waals surface area contributed by atoms with Crippen molar-refractivity contribution in [3.63, 3.8) is 0 Å². The normalized spacial score (nSPS) is 23.8. The first kappa shape index (κ1) is 9.30. The van der Waals surface area contributed by atoms with Crippen molar-refractivity contribution < 1.29 is 4.79 Å². The van der Waals surface area contributed by atoms with Gasteiger partial charge in [-0.05, 0) is 19.3 Å². The summed E-state index contributed by atoms with van der Waals surface area (Å²) in [4.78, 5) is 13.4. The molecule has 0 N–H and O–H groups in total. The van der Waals surface area contributed by atoms with E-state index in [0.717, 1.165) is 19.4 Å². The number of hydrogen-bond donors (Lipinski definition) is 0. The van der Waals surface area contributed by atoms with Gasteiger partial charge in [0.05, 0.1) is 0 Å². The molecule has 0 aliphatic carbocycles. The Morgan fingerprint density at radius 1 is 1.67 bits per heavy atom. The maximum absolute atomic E-state index is 11.4. The van der Waals surface area contributed by atoms with Gasteiger partial charge in [-0.15, -0.1) is 6.58 Å². The van der Waals surface area contributed by atoms with Crippen molar-refractivity contribution in [2.24, 2.45) is 0 Å². The lowest BCUT2D eigenvalue weighted by Gasteiger charge is -2.33. The van der Waals surface area contributed by atoms with Crippen LogP contribution in [-0.2, 0) is 4.79 Å². The summed E-state index contributed by atoms with van der Waals surface area (Å²) in [5.41, 5.74) is 0. The van der Waals surface area contributed by atoms with E-state index in [4.69, 9.17) is 0 Å². The minimum absolute atomic E-state index is 0.264. The van der Waals surface area contributed by atoms with Crippen LogP contribution in [0.4, 0.5) is 0 Å². The number of hydrogen-bond acceptors (Lipinski definition) is 1. The minimum atomic E-state index is 0.264. The number of carbonyl (C=O) groups is 1. The Hall–Kier alpha value is -0.790. The average Bonchev–Trinajstić information content (AvgIpc) is 2.16. The molecular weight excluding hydrogens is 150 g/mol. The Bertz CT molecular complexity index is 177. The van der Waals surface area contributed by atoms with Crippen LogP contribution in [0.25, 0.3) is 0 Å². The Morgan fingerprint density at radius 3 is 3.00 bits per heavy atom. The summed E-state index contributed by atoms with van der Waals surface area (Å²) in [6.07, 6.45) is 5.98. The second-order valence-electron chi connectivity index (χ2n) is 3.24. The third-order valence-electron chi connectivity index (χ3n) is 2.44. The predicted molar refractivity (Wildman–Crippen MR) is 49.8 cm³/mol. The minimum Gasteiger partial charge on any atom is -0.336 e. The summed E-state index contributed by atoms with van der Waals surface area (Å²) in [7, 11) is 0. The van der Waals surface area contributed by atoms with Crippen LogP contribution in [0.15, 0.2) is 12.7 Å². The molecule has 0 aromatic heterocycles. The van der Waals surface area contributed by atoms with Crippen LogP contribution in [0.5, 0.6) is 0 Å². The quantitative estimate of drug-likeness (QED) is 0.576. The fourth-order valence-electron chi connectivity index (χ4n) is 1.72. The van der Waals surface area contributed by atoms with Gasteiger partial charge >= 0.3 is 0 Å². The monoisotopic (exact) mass is 167 g/mol. The first-order valence-electron chi connectivity index (χ1n) is 4.71. The molecule has 1 heterocycles. The van der Waals surface area contributed by atoms with Gasteiger partial charge in [-0.25, -0.2) is 0 Å². The molecule has 0 bridgehead atoms. The Balaban J connectivity index is 2.58. The Labute approximate surface area is 74.2 Å². The largest absolute Gasteiger partial charge is 0.336 e. The molecule has 1 fully saturated rings. The van der Waals surface area contributed by atoms with E-state index < -0.39 is 0 Å². The average molecular weight is 167 g/mol. The van der Waals surface area contributed by atoms with E-state index in [9.17, 15) is 4.79 Å². The molecule has 0 saturated carbocycles. The second-order valence-corrected chi connectivity index (χ2v) is 3.24. The molecule has 2 nitrogen and oxygen atoms in total. The number of carbonyl (C=O) groups excluding carboxylic acids is 1. The van der Waals surface area contributed by atoms with E-state index in [1.807, 2.05) is 17.9 Å². The summed E-state index contributed by atoms with van der Waals surface area (Å²) >= 11 is 0. The highest BCUT2D eigenvalue weighted by molar-refractivity contribution is 5.76. The lowest BCUT2D eigenvalue weighted by molar-refractivity contribution is -0.133. The van der Waals surface area contributed by atoms with E-state index in [1.165, 1.54) is 6.42 Å². The zero-order chi connectivity index (χ0) is 8.97. The topological polar surface area (TPSA) is 20.3 Å². The van der Waals surface area contributed by atoms with Gasteiger partial charge < -0.3 is 4.90 Å². The van der Waals surface area contributed by atoms with Crippen LogP contribution < -0.4 is 0 Å². The van der Waals surface area contributed by atoms with E-state index in [2.05, 4.69) is 6.58 Å². The van der Waals surface area contributed by atoms with Gasteiger partial charge in [-0.2, -0.15) is 0 Å². The highest BCUT2D eigenvalue weighted by Crippen LogP contribution is 2.18. The fraction of sp³-hybridized carbons (Fsp3) is 0.700. The first-order chi connectivity index (χ1) is 5.79. The van der Waals surface area contributed by atoms with Crippen molar-refractivity contribution in [1.82, 2.24) is 4.90 Å². The molecule has 1 amide bonds. The Kier molecular flexibility index (Phi) is 3.32. The van der Waals surface area contributed by atoms with Gasteiger partial charge in [-0.1, -0.05) is 13.0 Å². The molecule has 1 aliphatic heterocycles. The molecule has 12 heavy (non-hydrogen) atoms. The lowest BCUT2D eigenvalue weighted by Crippen LogP contribution is -2.42. The molecule has 1 atom stereocenters. The summed E-state index contributed by atoms with van der Waals surface area (Å²) in [5, 5.41) is 0. The van der Waals surface area contributed by atoms with E-state index >= 15 is 0 Å². The van der Waals surface area contributed by atoms with Crippen LogP contribution in [0.3, 0.4) is 0 Å². The van der Waals surface area contributed by atoms with Crippen LogP contribution >= 0.6 is 0 Å². The summed E-state index contributed by atoms with van der Waals surface area (Å²) in [6, 6.07) is 0.297. The number of amides is 1. The highest BCUT2D eigenvalue weighted by Gasteiger charge is 2.22. The van der Waals surface area contributed by atoms with Crippen molar-refractivity contribution in [3.8, 4) is 0 Å². The second kappa shape index (κ2) is 4.29. The van der Waals surface area contributed by atoms with Gasteiger partial charge in [0.1, 0.15) is 0 Å². The standard InChI is InChI=1S/C10H17NO/c1-3-9-7-5-6-8-11(9)10(12)4-2/h3,9H,1,4-8H2,2H3. The van der Waals surface area contributed by atoms with Crippen molar-refractivity contribution in [1.29, 1.82) is 0 Å². The van der Waals surface area contributed by atoms with Crippen molar-refractivity contribution in [2.75, 3.05) is 6.54 Å². The SMILES string of the molecule is C=CC1CCCCN1C(=O)CC. The zero-order valence-corrected chi connectivity index (χ0v) is 7.75. The van der Waals surface area contributed by atoms with E-state index in [-0.39, 0.29) is 5.91 Å². The van der Waals surface area contributed by atoms with Crippen LogP contribution in [0.1, 0.15) is 32.6 Å². The van der Waals surface area contributed by atoms with Gasteiger partial charge in [0.25, 0.3) is 0 Å². The van der Waals surface area contributed by atoms with Crippen LogP contribution in [0.2, 0.25) is 0 Å². The fourth-order valence-corrected chi connectivity index (χ4v) is 1.72. The number of nitrogens with zero attached hydrogens (tertiary/aromatic N) is 1. The molecule has 0 radical (unpaired) electrons. The van der Waals surface area contributed by atoms with Gasteiger partial charge in [-0.3, -0.25) is 4.79 Å². The lowest BCUT2D eigenvalue weighted by atomic mass is 10.0. The molecule has 0 spiro atoms. The van der Waals surface area contributed by atoms with Crippen LogP contribution in [-0.4, -0.2) is 23.4 Å². The third kappa shape index (κ3) is 1.87. The Morgan fingerprint density at radius 2 is 2.42 bits per heavy atom. The molecule has 1 saturated heterocycles. The summed E-state index contributed by atoms with van der Waals surface area (Å²) in [6.45, 7) is 6.59.